The largest absolute Gasteiger partial charge is 0.463 e. The minimum Gasteiger partial charge on any atom is -0.463 e. The van der Waals surface area contributed by atoms with E-state index in [0.29, 0.717) is 0 Å². The Morgan fingerprint density at radius 1 is 1.43 bits per heavy atom. The molecule has 73 valence electrons. The molecule has 1 aromatic rings. The maximum absolute atomic E-state index is 11.0. The fraction of sp³-hybridized carbons (Fsp3) is 0. The van der Waals surface area contributed by atoms with Gasteiger partial charge in [0.2, 0.25) is 0 Å². The SMILES string of the molecule is Nc1ccc(C(=O)N([O])C(=O)O)cn1. The molecular weight excluding hydrogens is 190 g/mol. The highest BCUT2D eigenvalue weighted by Crippen LogP contribution is 2.04. The molecule has 0 aliphatic carbocycles. The Hall–Kier alpha value is -2.15. The number of hydroxylamine groups is 2. The maximum atomic E-state index is 11.0. The number of nitrogens with two attached hydrogens (primary N) is 1. The van der Waals surface area contributed by atoms with Crippen molar-refractivity contribution in [3.05, 3.63) is 23.9 Å². The highest BCUT2D eigenvalue weighted by Gasteiger charge is 2.21. The van der Waals surface area contributed by atoms with E-state index in [2.05, 4.69) is 4.98 Å². The highest BCUT2D eigenvalue weighted by atomic mass is 16.6. The minimum atomic E-state index is -1.87. The van der Waals surface area contributed by atoms with Gasteiger partial charge in [-0.25, -0.2) is 9.78 Å². The van der Waals surface area contributed by atoms with Gasteiger partial charge in [0.25, 0.3) is 5.91 Å². The summed E-state index contributed by atoms with van der Waals surface area (Å²) in [5.41, 5.74) is 5.10. The van der Waals surface area contributed by atoms with Crippen LogP contribution in [0.15, 0.2) is 18.3 Å². The average molecular weight is 196 g/mol. The summed E-state index contributed by atoms with van der Waals surface area (Å²) in [6, 6.07) is 2.52. The number of carbonyl (C=O) groups excluding carboxylic acids is 1. The number of pyridine rings is 1. The first-order valence-electron chi connectivity index (χ1n) is 3.48. The molecule has 1 rings (SSSR count). The number of rotatable bonds is 1. The standard InChI is InChI=1S/C7H6N3O4/c8-5-2-1-4(3-9-5)6(11)10(14)7(12)13/h1-3H,(H2,8,9)(H,12,13). The molecule has 2 amide bonds. The van der Waals surface area contributed by atoms with Crippen LogP contribution in [0.5, 0.6) is 0 Å². The number of nitrogen functional groups attached to an aromatic ring is 1. The van der Waals surface area contributed by atoms with Crippen LogP contribution in [0.4, 0.5) is 10.6 Å². The van der Waals surface area contributed by atoms with Crippen molar-refractivity contribution in [2.24, 2.45) is 0 Å². The fourth-order valence-electron chi connectivity index (χ4n) is 0.736. The Morgan fingerprint density at radius 2 is 2.07 bits per heavy atom. The third kappa shape index (κ3) is 1.96. The van der Waals surface area contributed by atoms with E-state index in [-0.39, 0.29) is 11.4 Å². The molecule has 0 unspecified atom stereocenters. The quantitative estimate of drug-likeness (QED) is 0.619. The molecule has 0 saturated carbocycles. The number of amides is 2. The zero-order valence-corrected chi connectivity index (χ0v) is 6.88. The zero-order chi connectivity index (χ0) is 10.7. The number of aromatic nitrogens is 1. The van der Waals surface area contributed by atoms with Crippen LogP contribution >= 0.6 is 0 Å². The van der Waals surface area contributed by atoms with E-state index in [1.165, 1.54) is 12.1 Å². The van der Waals surface area contributed by atoms with Crippen LogP contribution in [0, 0.1) is 0 Å². The smallest absolute Gasteiger partial charge is 0.441 e. The lowest BCUT2D eigenvalue weighted by Gasteiger charge is -2.05. The molecule has 0 aromatic carbocycles. The topological polar surface area (TPSA) is 116 Å². The minimum absolute atomic E-state index is 0.128. The Labute approximate surface area is 78.3 Å². The van der Waals surface area contributed by atoms with Crippen molar-refractivity contribution in [2.75, 3.05) is 5.73 Å². The summed E-state index contributed by atoms with van der Waals surface area (Å²) in [6.45, 7) is 0. The van der Waals surface area contributed by atoms with E-state index in [9.17, 15) is 14.8 Å². The van der Waals surface area contributed by atoms with Crippen molar-refractivity contribution < 1.29 is 19.9 Å². The molecule has 0 saturated heterocycles. The molecule has 0 aliphatic rings. The molecule has 7 nitrogen and oxygen atoms in total. The van der Waals surface area contributed by atoms with Crippen LogP contribution in [-0.4, -0.2) is 27.2 Å². The van der Waals surface area contributed by atoms with Gasteiger partial charge in [0, 0.05) is 6.20 Å². The number of hydrogen-bond donors (Lipinski definition) is 2. The lowest BCUT2D eigenvalue weighted by molar-refractivity contribution is -0.0926. The first kappa shape index (κ1) is 9.93. The molecule has 0 spiro atoms. The van der Waals surface area contributed by atoms with Gasteiger partial charge in [-0.15, -0.1) is 0 Å². The second kappa shape index (κ2) is 3.71. The molecule has 3 N–H and O–H groups in total. The Kier molecular flexibility index (Phi) is 2.63. The fourth-order valence-corrected chi connectivity index (χ4v) is 0.736. The van der Waals surface area contributed by atoms with Gasteiger partial charge in [-0.1, -0.05) is 10.3 Å². The summed E-state index contributed by atoms with van der Waals surface area (Å²) in [7, 11) is 0. The van der Waals surface area contributed by atoms with Crippen molar-refractivity contribution in [3.63, 3.8) is 0 Å². The number of carbonyl (C=O) groups is 2. The van der Waals surface area contributed by atoms with E-state index in [1.807, 2.05) is 0 Å². The predicted molar refractivity (Wildman–Crippen MR) is 43.5 cm³/mol. The van der Waals surface area contributed by atoms with Crippen LogP contribution in [-0.2, 0) is 5.21 Å². The second-order valence-electron chi connectivity index (χ2n) is 2.35. The van der Waals surface area contributed by atoms with Crippen molar-refractivity contribution >= 4 is 17.8 Å². The summed E-state index contributed by atoms with van der Waals surface area (Å²) in [6.07, 6.45) is -0.835. The lowest BCUT2D eigenvalue weighted by atomic mass is 10.2. The van der Waals surface area contributed by atoms with Gasteiger partial charge >= 0.3 is 6.09 Å². The van der Waals surface area contributed by atoms with Gasteiger partial charge in [-0.3, -0.25) is 4.79 Å². The number of imide groups is 1. The lowest BCUT2D eigenvalue weighted by Crippen LogP contribution is -2.31. The molecule has 0 fully saturated rings. The first-order chi connectivity index (χ1) is 6.52. The third-order valence-electron chi connectivity index (χ3n) is 1.39. The first-order valence-corrected chi connectivity index (χ1v) is 3.48. The summed E-state index contributed by atoms with van der Waals surface area (Å²) in [5, 5.41) is 18.2. The van der Waals surface area contributed by atoms with Gasteiger partial charge in [0.05, 0.1) is 5.56 Å². The van der Waals surface area contributed by atoms with Crippen molar-refractivity contribution in [3.8, 4) is 0 Å². The molecule has 1 radical (unpaired) electrons. The molecule has 14 heavy (non-hydrogen) atoms. The summed E-state index contributed by atoms with van der Waals surface area (Å²) >= 11 is 0. The summed E-state index contributed by atoms with van der Waals surface area (Å²) in [4.78, 5) is 24.7. The predicted octanol–water partition coefficient (Wildman–Crippen LogP) is 0.129. The average Bonchev–Trinajstić information content (AvgIpc) is 2.16. The van der Waals surface area contributed by atoms with E-state index in [4.69, 9.17) is 10.8 Å². The van der Waals surface area contributed by atoms with Crippen LogP contribution < -0.4 is 5.73 Å². The van der Waals surface area contributed by atoms with E-state index in [1.54, 1.807) is 0 Å². The van der Waals surface area contributed by atoms with Gasteiger partial charge in [0.1, 0.15) is 5.82 Å². The Balaban J connectivity index is 2.90. The summed E-state index contributed by atoms with van der Waals surface area (Å²) in [5.74, 6) is -1.01. The zero-order valence-electron chi connectivity index (χ0n) is 6.88. The highest BCUT2D eigenvalue weighted by molar-refractivity contribution is 6.00. The van der Waals surface area contributed by atoms with Crippen LogP contribution in [0.25, 0.3) is 0 Å². The molecule has 7 heteroatoms. The van der Waals surface area contributed by atoms with Crippen molar-refractivity contribution in [1.82, 2.24) is 10.0 Å². The monoisotopic (exact) mass is 196 g/mol. The van der Waals surface area contributed by atoms with Gasteiger partial charge in [-0.2, -0.15) is 0 Å². The van der Waals surface area contributed by atoms with Gasteiger partial charge < -0.3 is 10.8 Å². The van der Waals surface area contributed by atoms with E-state index >= 15 is 0 Å². The summed E-state index contributed by atoms with van der Waals surface area (Å²) < 4.78 is 0. The molecule has 0 aliphatic heterocycles. The van der Waals surface area contributed by atoms with E-state index in [0.717, 1.165) is 6.20 Å². The Morgan fingerprint density at radius 3 is 2.50 bits per heavy atom. The molecule has 1 heterocycles. The van der Waals surface area contributed by atoms with Crippen LogP contribution in [0.1, 0.15) is 10.4 Å². The number of hydrogen-bond acceptors (Lipinski definition) is 4. The number of nitrogens with zero attached hydrogens (tertiary/aromatic N) is 2. The molecule has 0 bridgehead atoms. The molecule has 1 aromatic heterocycles. The van der Waals surface area contributed by atoms with Gasteiger partial charge in [-0.05, 0) is 12.1 Å². The normalized spacial score (nSPS) is 9.50. The van der Waals surface area contributed by atoms with Gasteiger partial charge in [0.15, 0.2) is 0 Å². The molecular formula is C7H6N3O4. The number of anilines is 1. The van der Waals surface area contributed by atoms with Crippen LogP contribution in [0.2, 0.25) is 0 Å². The maximum Gasteiger partial charge on any atom is 0.441 e. The van der Waals surface area contributed by atoms with E-state index < -0.39 is 17.1 Å². The third-order valence-corrected chi connectivity index (χ3v) is 1.39. The van der Waals surface area contributed by atoms with Crippen molar-refractivity contribution in [1.29, 1.82) is 0 Å². The van der Waals surface area contributed by atoms with Crippen molar-refractivity contribution in [2.45, 2.75) is 0 Å². The Bertz CT molecular complexity index is 362. The van der Waals surface area contributed by atoms with Crippen LogP contribution in [0.3, 0.4) is 0 Å². The number of carboxylic acid groups (broad SMARTS) is 1. The second-order valence-corrected chi connectivity index (χ2v) is 2.35. The molecule has 0 atom stereocenters.